The molecular weight excluding hydrogens is 328 g/mol. The highest BCUT2D eigenvalue weighted by molar-refractivity contribution is 6.02. The summed E-state index contributed by atoms with van der Waals surface area (Å²) in [5, 5.41) is 0. The van der Waals surface area contributed by atoms with E-state index in [1.807, 2.05) is 66.7 Å². The predicted octanol–water partition coefficient (Wildman–Crippen LogP) is 4.82. The van der Waals surface area contributed by atoms with Gasteiger partial charge < -0.3 is 14.2 Å². The molecule has 3 aromatic rings. The van der Waals surface area contributed by atoms with Gasteiger partial charge in [0.2, 0.25) is 0 Å². The molecule has 132 valence electrons. The van der Waals surface area contributed by atoms with Gasteiger partial charge in [0.1, 0.15) is 17.1 Å². The Labute approximate surface area is 153 Å². The van der Waals surface area contributed by atoms with Crippen molar-refractivity contribution >= 4 is 5.97 Å². The van der Waals surface area contributed by atoms with Gasteiger partial charge in [-0.05, 0) is 17.2 Å². The van der Waals surface area contributed by atoms with Crippen LogP contribution in [0.5, 0.6) is 11.5 Å². The van der Waals surface area contributed by atoms with Crippen molar-refractivity contribution < 1.29 is 19.0 Å². The van der Waals surface area contributed by atoms with E-state index in [4.69, 9.17) is 14.2 Å². The van der Waals surface area contributed by atoms with Crippen LogP contribution >= 0.6 is 0 Å². The van der Waals surface area contributed by atoms with E-state index in [9.17, 15) is 4.79 Å². The number of benzene rings is 3. The summed E-state index contributed by atoms with van der Waals surface area (Å²) in [5.41, 5.74) is 3.75. The van der Waals surface area contributed by atoms with Crippen molar-refractivity contribution in [2.75, 3.05) is 21.3 Å². The van der Waals surface area contributed by atoms with E-state index in [1.54, 1.807) is 0 Å². The lowest BCUT2D eigenvalue weighted by molar-refractivity contribution is 0.0593. The van der Waals surface area contributed by atoms with Gasteiger partial charge in [-0.25, -0.2) is 4.79 Å². The van der Waals surface area contributed by atoms with Crippen molar-refractivity contribution in [1.29, 1.82) is 0 Å². The van der Waals surface area contributed by atoms with Crippen molar-refractivity contribution in [3.05, 3.63) is 72.3 Å². The Kier molecular flexibility index (Phi) is 5.23. The second kappa shape index (κ2) is 7.74. The maximum Gasteiger partial charge on any atom is 0.345 e. The van der Waals surface area contributed by atoms with Crippen LogP contribution in [-0.2, 0) is 4.74 Å². The minimum atomic E-state index is -0.506. The molecule has 0 fully saturated rings. The van der Waals surface area contributed by atoms with Crippen LogP contribution in [0.2, 0.25) is 0 Å². The number of carbonyl (C=O) groups is 1. The average molecular weight is 348 g/mol. The summed E-state index contributed by atoms with van der Waals surface area (Å²) >= 11 is 0. The van der Waals surface area contributed by atoms with Gasteiger partial charge in [-0.3, -0.25) is 0 Å². The van der Waals surface area contributed by atoms with Gasteiger partial charge in [-0.2, -0.15) is 0 Å². The summed E-state index contributed by atoms with van der Waals surface area (Å²) in [6.07, 6.45) is 0. The number of hydrogen-bond donors (Lipinski definition) is 0. The van der Waals surface area contributed by atoms with Crippen LogP contribution in [0.15, 0.2) is 66.7 Å². The molecule has 0 heterocycles. The maximum atomic E-state index is 12.6. The summed E-state index contributed by atoms with van der Waals surface area (Å²) in [6, 6.07) is 21.5. The molecule has 0 saturated carbocycles. The molecular formula is C22H20O4. The molecule has 4 heteroatoms. The minimum Gasteiger partial charge on any atom is -0.495 e. The second-order valence-corrected chi connectivity index (χ2v) is 5.64. The predicted molar refractivity (Wildman–Crippen MR) is 102 cm³/mol. The minimum absolute atomic E-state index is 0.276. The molecule has 3 aromatic carbocycles. The molecule has 0 atom stereocenters. The smallest absolute Gasteiger partial charge is 0.345 e. The van der Waals surface area contributed by atoms with Crippen LogP contribution in [0, 0.1) is 0 Å². The van der Waals surface area contributed by atoms with Crippen LogP contribution in [0.4, 0.5) is 0 Å². The fourth-order valence-electron chi connectivity index (χ4n) is 3.02. The first-order chi connectivity index (χ1) is 12.7. The number of methoxy groups -OCH3 is 3. The molecule has 0 bridgehead atoms. The Hall–Kier alpha value is -3.27. The molecule has 0 aliphatic carbocycles. The van der Waals surface area contributed by atoms with Gasteiger partial charge >= 0.3 is 5.97 Å². The molecule has 26 heavy (non-hydrogen) atoms. The standard InChI is InChI=1S/C22H20O4/c1-24-20-17(15-10-6-4-7-11-15)14-18(16-12-8-5-9-13-16)21(25-2)19(20)22(23)26-3/h4-14H,1-3H3. The zero-order valence-electron chi connectivity index (χ0n) is 15.0. The first-order valence-electron chi connectivity index (χ1n) is 8.19. The van der Waals surface area contributed by atoms with Crippen molar-refractivity contribution in [1.82, 2.24) is 0 Å². The summed E-state index contributed by atoms with van der Waals surface area (Å²) in [7, 11) is 4.42. The molecule has 0 aromatic heterocycles. The topological polar surface area (TPSA) is 44.8 Å². The van der Waals surface area contributed by atoms with Gasteiger partial charge in [0, 0.05) is 11.1 Å². The largest absolute Gasteiger partial charge is 0.495 e. The Morgan fingerprint density at radius 2 is 1.12 bits per heavy atom. The van der Waals surface area contributed by atoms with E-state index in [0.717, 1.165) is 22.3 Å². The summed E-state index contributed by atoms with van der Waals surface area (Å²) in [5.74, 6) is 0.354. The van der Waals surface area contributed by atoms with Gasteiger partial charge in [-0.1, -0.05) is 60.7 Å². The lowest BCUT2D eigenvalue weighted by Gasteiger charge is -2.19. The average Bonchev–Trinajstić information content (AvgIpc) is 2.72. The Morgan fingerprint density at radius 1 is 0.692 bits per heavy atom. The number of ether oxygens (including phenoxy) is 3. The third-order valence-corrected chi connectivity index (χ3v) is 4.20. The van der Waals surface area contributed by atoms with Crippen LogP contribution in [0.25, 0.3) is 22.3 Å². The summed E-state index contributed by atoms with van der Waals surface area (Å²) in [6.45, 7) is 0. The van der Waals surface area contributed by atoms with Gasteiger partial charge in [0.05, 0.1) is 21.3 Å². The Balaban J connectivity index is 2.40. The van der Waals surface area contributed by atoms with Crippen molar-refractivity contribution in [2.45, 2.75) is 0 Å². The number of esters is 1. The lowest BCUT2D eigenvalue weighted by atomic mass is 9.93. The first kappa shape index (κ1) is 17.5. The van der Waals surface area contributed by atoms with E-state index in [1.165, 1.54) is 21.3 Å². The van der Waals surface area contributed by atoms with E-state index < -0.39 is 5.97 Å². The Bertz CT molecular complexity index is 837. The van der Waals surface area contributed by atoms with Crippen molar-refractivity contribution in [3.63, 3.8) is 0 Å². The molecule has 0 aliphatic heterocycles. The van der Waals surface area contributed by atoms with E-state index in [2.05, 4.69) is 0 Å². The SMILES string of the molecule is COC(=O)c1c(OC)c(-c2ccccc2)cc(-c2ccccc2)c1OC. The molecule has 4 nitrogen and oxygen atoms in total. The highest BCUT2D eigenvalue weighted by Gasteiger charge is 2.27. The molecule has 0 spiro atoms. The third-order valence-electron chi connectivity index (χ3n) is 4.20. The first-order valence-corrected chi connectivity index (χ1v) is 8.19. The van der Waals surface area contributed by atoms with Crippen LogP contribution < -0.4 is 9.47 Å². The molecule has 3 rings (SSSR count). The number of carbonyl (C=O) groups excluding carboxylic acids is 1. The Morgan fingerprint density at radius 3 is 1.46 bits per heavy atom. The molecule has 0 saturated heterocycles. The van der Waals surface area contributed by atoms with E-state index in [-0.39, 0.29) is 5.56 Å². The molecule has 0 aliphatic rings. The molecule has 0 radical (unpaired) electrons. The van der Waals surface area contributed by atoms with Gasteiger partial charge in [0.15, 0.2) is 0 Å². The van der Waals surface area contributed by atoms with Crippen LogP contribution in [-0.4, -0.2) is 27.3 Å². The van der Waals surface area contributed by atoms with Crippen molar-refractivity contribution in [3.8, 4) is 33.8 Å². The van der Waals surface area contributed by atoms with Crippen LogP contribution in [0.1, 0.15) is 10.4 Å². The quantitative estimate of drug-likeness (QED) is 0.620. The van der Waals surface area contributed by atoms with Gasteiger partial charge in [-0.15, -0.1) is 0 Å². The third kappa shape index (κ3) is 3.14. The molecule has 0 N–H and O–H groups in total. The fraction of sp³-hybridized carbons (Fsp3) is 0.136. The highest BCUT2D eigenvalue weighted by atomic mass is 16.5. The molecule has 0 unspecified atom stereocenters. The number of rotatable bonds is 5. The normalized spacial score (nSPS) is 10.3. The zero-order valence-corrected chi connectivity index (χ0v) is 15.0. The second-order valence-electron chi connectivity index (χ2n) is 5.64. The van der Waals surface area contributed by atoms with Crippen molar-refractivity contribution in [2.24, 2.45) is 0 Å². The zero-order chi connectivity index (χ0) is 18.5. The summed E-state index contributed by atoms with van der Waals surface area (Å²) in [4.78, 5) is 12.6. The molecule has 0 amide bonds. The van der Waals surface area contributed by atoms with Crippen LogP contribution in [0.3, 0.4) is 0 Å². The maximum absolute atomic E-state index is 12.6. The summed E-state index contributed by atoms with van der Waals surface area (Å²) < 4.78 is 16.2. The van der Waals surface area contributed by atoms with Gasteiger partial charge in [0.25, 0.3) is 0 Å². The highest BCUT2D eigenvalue weighted by Crippen LogP contribution is 2.45. The number of hydrogen-bond acceptors (Lipinski definition) is 4. The lowest BCUT2D eigenvalue weighted by Crippen LogP contribution is -2.09. The van der Waals surface area contributed by atoms with E-state index in [0.29, 0.717) is 11.5 Å². The monoisotopic (exact) mass is 348 g/mol. The van der Waals surface area contributed by atoms with E-state index >= 15 is 0 Å². The fourth-order valence-corrected chi connectivity index (χ4v) is 3.02.